The van der Waals surface area contributed by atoms with Gasteiger partial charge in [0.1, 0.15) is 17.3 Å². The van der Waals surface area contributed by atoms with Crippen LogP contribution in [0.4, 0.5) is 23.1 Å². The van der Waals surface area contributed by atoms with Gasteiger partial charge in [-0.25, -0.2) is 14.5 Å². The fourth-order valence-electron chi connectivity index (χ4n) is 5.05. The molecule has 0 aliphatic heterocycles. The summed E-state index contributed by atoms with van der Waals surface area (Å²) in [5.41, 5.74) is 4.66. The molecule has 10 nitrogen and oxygen atoms in total. The molecule has 0 radical (unpaired) electrons. The molecule has 0 spiro atoms. The van der Waals surface area contributed by atoms with Crippen LogP contribution < -0.4 is 15.4 Å². The topological polar surface area (TPSA) is 120 Å². The van der Waals surface area contributed by atoms with Crippen molar-refractivity contribution >= 4 is 28.7 Å². The monoisotopic (exact) mass is 521 g/mol. The summed E-state index contributed by atoms with van der Waals surface area (Å²) >= 11 is 0. The molecule has 1 fully saturated rings. The van der Waals surface area contributed by atoms with Gasteiger partial charge in [0.2, 0.25) is 5.95 Å². The number of nitro benzene ring substituents is 1. The first kappa shape index (κ1) is 24.4. The highest BCUT2D eigenvalue weighted by molar-refractivity contribution is 5.92. The number of aromatic nitrogens is 4. The summed E-state index contributed by atoms with van der Waals surface area (Å²) in [6.45, 7) is 0. The Kier molecular flexibility index (Phi) is 6.50. The fourth-order valence-corrected chi connectivity index (χ4v) is 5.05. The molecule has 39 heavy (non-hydrogen) atoms. The average molecular weight is 522 g/mol. The first-order valence-electron chi connectivity index (χ1n) is 12.9. The number of ether oxygens (including phenoxy) is 1. The van der Waals surface area contributed by atoms with Gasteiger partial charge in [-0.15, -0.1) is 0 Å². The Hall–Kier alpha value is -4.99. The Labute approximate surface area is 224 Å². The van der Waals surface area contributed by atoms with Crippen molar-refractivity contribution in [3.63, 3.8) is 0 Å². The summed E-state index contributed by atoms with van der Waals surface area (Å²) in [4.78, 5) is 19.9. The molecular weight excluding hydrogens is 494 g/mol. The standard InChI is InChI=1S/C29H27N7O3/c1-39-23-14-12-19(13-15-23)28-27(25-10-5-11-26(35(25)34-28)31-20-6-2-3-7-20)24-16-17-30-29(33-24)32-21-8-4-9-22(18-21)36(37)38/h4-5,8-18,20,31H,2-3,6-7H2,1H3,(H,30,32,33). The maximum absolute atomic E-state index is 11.2. The highest BCUT2D eigenvalue weighted by atomic mass is 16.6. The number of benzene rings is 2. The second-order valence-corrected chi connectivity index (χ2v) is 9.48. The van der Waals surface area contributed by atoms with Gasteiger partial charge in [0.05, 0.1) is 28.8 Å². The van der Waals surface area contributed by atoms with E-state index in [4.69, 9.17) is 14.8 Å². The van der Waals surface area contributed by atoms with Crippen LogP contribution in [0.25, 0.3) is 28.0 Å². The number of nitrogens with zero attached hydrogens (tertiary/aromatic N) is 5. The number of hydrogen-bond acceptors (Lipinski definition) is 8. The zero-order valence-electron chi connectivity index (χ0n) is 21.4. The highest BCUT2D eigenvalue weighted by Crippen LogP contribution is 2.37. The quantitative estimate of drug-likeness (QED) is 0.176. The molecule has 0 amide bonds. The van der Waals surface area contributed by atoms with Gasteiger partial charge in [0.15, 0.2) is 0 Å². The molecule has 1 saturated carbocycles. The maximum atomic E-state index is 11.2. The van der Waals surface area contributed by atoms with E-state index in [1.54, 1.807) is 25.4 Å². The number of non-ortho nitro benzene ring substituents is 1. The van der Waals surface area contributed by atoms with E-state index in [9.17, 15) is 10.1 Å². The molecule has 1 aliphatic carbocycles. The van der Waals surface area contributed by atoms with Crippen LogP contribution in [0.15, 0.2) is 79.0 Å². The summed E-state index contributed by atoms with van der Waals surface area (Å²) in [5, 5.41) is 23.1. The number of pyridine rings is 1. The van der Waals surface area contributed by atoms with Crippen LogP contribution in [0.3, 0.4) is 0 Å². The van der Waals surface area contributed by atoms with Crippen molar-refractivity contribution in [3.05, 3.63) is 89.1 Å². The second-order valence-electron chi connectivity index (χ2n) is 9.48. The predicted octanol–water partition coefficient (Wildman–Crippen LogP) is 6.47. The van der Waals surface area contributed by atoms with Crippen molar-refractivity contribution in [2.75, 3.05) is 17.7 Å². The number of rotatable bonds is 8. The van der Waals surface area contributed by atoms with Crippen LogP contribution in [-0.4, -0.2) is 37.7 Å². The van der Waals surface area contributed by atoms with Crippen molar-refractivity contribution in [2.45, 2.75) is 31.7 Å². The third kappa shape index (κ3) is 4.96. The Bertz CT molecular complexity index is 1640. The predicted molar refractivity (Wildman–Crippen MR) is 150 cm³/mol. The summed E-state index contributed by atoms with van der Waals surface area (Å²) in [5.74, 6) is 2.02. The Morgan fingerprint density at radius 1 is 1.03 bits per heavy atom. The molecule has 196 valence electrons. The normalized spacial score (nSPS) is 13.5. The molecule has 0 bridgehead atoms. The molecule has 10 heteroatoms. The van der Waals surface area contributed by atoms with Crippen molar-refractivity contribution in [1.82, 2.24) is 19.6 Å². The summed E-state index contributed by atoms with van der Waals surface area (Å²) in [6.07, 6.45) is 6.43. The lowest BCUT2D eigenvalue weighted by Gasteiger charge is -2.14. The number of nitro groups is 1. The number of hydrogen-bond donors (Lipinski definition) is 2. The molecule has 0 atom stereocenters. The van der Waals surface area contributed by atoms with Crippen molar-refractivity contribution in [1.29, 1.82) is 0 Å². The van der Waals surface area contributed by atoms with Crippen molar-refractivity contribution < 1.29 is 9.66 Å². The van der Waals surface area contributed by atoms with Gasteiger partial charge in [-0.1, -0.05) is 25.0 Å². The smallest absolute Gasteiger partial charge is 0.271 e. The van der Waals surface area contributed by atoms with Crippen LogP contribution in [0.2, 0.25) is 0 Å². The van der Waals surface area contributed by atoms with Crippen LogP contribution in [-0.2, 0) is 0 Å². The lowest BCUT2D eigenvalue weighted by atomic mass is 10.0. The Morgan fingerprint density at radius 2 is 1.82 bits per heavy atom. The minimum Gasteiger partial charge on any atom is -0.497 e. The van der Waals surface area contributed by atoms with Crippen molar-refractivity contribution in [2.24, 2.45) is 0 Å². The van der Waals surface area contributed by atoms with Crippen LogP contribution in [0.1, 0.15) is 25.7 Å². The molecule has 2 aromatic carbocycles. The van der Waals surface area contributed by atoms with E-state index < -0.39 is 4.92 Å². The van der Waals surface area contributed by atoms with Gasteiger partial charge < -0.3 is 15.4 Å². The molecule has 0 unspecified atom stereocenters. The fraction of sp³-hybridized carbons (Fsp3) is 0.207. The van der Waals surface area contributed by atoms with E-state index in [2.05, 4.69) is 21.7 Å². The van der Waals surface area contributed by atoms with E-state index >= 15 is 0 Å². The van der Waals surface area contributed by atoms with E-state index in [0.717, 1.165) is 46.7 Å². The minimum atomic E-state index is -0.431. The van der Waals surface area contributed by atoms with Crippen LogP contribution in [0, 0.1) is 10.1 Å². The molecule has 6 rings (SSSR count). The molecule has 3 heterocycles. The van der Waals surface area contributed by atoms with Gasteiger partial charge >= 0.3 is 0 Å². The maximum Gasteiger partial charge on any atom is 0.271 e. The molecular formula is C29H27N7O3. The van der Waals surface area contributed by atoms with Gasteiger partial charge in [-0.2, -0.15) is 5.10 Å². The second kappa shape index (κ2) is 10.4. The van der Waals surface area contributed by atoms with Gasteiger partial charge in [0.25, 0.3) is 5.69 Å². The van der Waals surface area contributed by atoms with Gasteiger partial charge in [0, 0.05) is 35.6 Å². The number of methoxy groups -OCH3 is 1. The average Bonchev–Trinajstić information content (AvgIpc) is 3.62. The number of anilines is 3. The zero-order chi connectivity index (χ0) is 26.8. The first-order valence-corrected chi connectivity index (χ1v) is 12.9. The molecule has 2 N–H and O–H groups in total. The van der Waals surface area contributed by atoms with Gasteiger partial charge in [-0.3, -0.25) is 10.1 Å². The van der Waals surface area contributed by atoms with E-state index in [1.165, 1.54) is 25.0 Å². The van der Waals surface area contributed by atoms with Gasteiger partial charge in [-0.05, 0) is 61.4 Å². The van der Waals surface area contributed by atoms with Crippen LogP contribution in [0.5, 0.6) is 5.75 Å². The van der Waals surface area contributed by atoms with Crippen molar-refractivity contribution in [3.8, 4) is 28.3 Å². The van der Waals surface area contributed by atoms with Crippen LogP contribution >= 0.6 is 0 Å². The zero-order valence-corrected chi connectivity index (χ0v) is 21.4. The molecule has 0 saturated heterocycles. The third-order valence-corrected chi connectivity index (χ3v) is 6.95. The Morgan fingerprint density at radius 3 is 2.59 bits per heavy atom. The first-order chi connectivity index (χ1) is 19.1. The van der Waals surface area contributed by atoms with E-state index in [0.29, 0.717) is 23.4 Å². The third-order valence-electron chi connectivity index (χ3n) is 6.95. The molecule has 3 aromatic heterocycles. The molecule has 1 aliphatic rings. The SMILES string of the molecule is COc1ccc(-c2nn3c(NC4CCCC4)cccc3c2-c2ccnc(Nc3cccc([N+](=O)[O-])c3)n2)cc1. The lowest BCUT2D eigenvalue weighted by Crippen LogP contribution is -2.16. The number of fused-ring (bicyclic) bond motifs is 1. The van der Waals surface area contributed by atoms with E-state index in [1.807, 2.05) is 47.0 Å². The minimum absolute atomic E-state index is 0.0112. The lowest BCUT2D eigenvalue weighted by molar-refractivity contribution is -0.384. The largest absolute Gasteiger partial charge is 0.497 e. The summed E-state index contributed by atoms with van der Waals surface area (Å²) in [7, 11) is 1.64. The molecule has 5 aromatic rings. The number of nitrogens with one attached hydrogen (secondary N) is 2. The summed E-state index contributed by atoms with van der Waals surface area (Å²) < 4.78 is 7.31. The Balaban J connectivity index is 1.45. The van der Waals surface area contributed by atoms with E-state index in [-0.39, 0.29) is 5.69 Å². The highest BCUT2D eigenvalue weighted by Gasteiger charge is 2.22. The summed E-state index contributed by atoms with van der Waals surface area (Å²) in [6, 6.07) is 22.4.